The average molecular weight is 323 g/mol. The summed E-state index contributed by atoms with van der Waals surface area (Å²) in [5.41, 5.74) is -1.21. The van der Waals surface area contributed by atoms with E-state index >= 15 is 0 Å². The molecule has 118 valence electrons. The number of rotatable bonds is 3. The maximum atomic E-state index is 12.5. The van der Waals surface area contributed by atoms with Gasteiger partial charge in [0.05, 0.1) is 0 Å². The van der Waals surface area contributed by atoms with Crippen molar-refractivity contribution in [1.82, 2.24) is 5.32 Å². The van der Waals surface area contributed by atoms with Gasteiger partial charge in [-0.15, -0.1) is 0 Å². The van der Waals surface area contributed by atoms with E-state index in [9.17, 15) is 14.7 Å². The molecule has 3 atom stereocenters. The molecule has 1 fully saturated rings. The van der Waals surface area contributed by atoms with Crippen LogP contribution in [0.1, 0.15) is 13.3 Å². The van der Waals surface area contributed by atoms with Crippen LogP contribution in [0.25, 0.3) is 0 Å². The second-order valence-electron chi connectivity index (χ2n) is 5.49. The molecule has 0 aromatic heterocycles. The third-order valence-electron chi connectivity index (χ3n) is 3.89. The summed E-state index contributed by atoms with van der Waals surface area (Å²) < 4.78 is 11.4. The van der Waals surface area contributed by atoms with Crippen LogP contribution in [-0.2, 0) is 9.59 Å². The number of carboxylic acid groups (broad SMARTS) is 1. The number of fused-ring (bicyclic) bond motifs is 1. The van der Waals surface area contributed by atoms with Crippen molar-refractivity contribution in [3.05, 3.63) is 24.3 Å². The standard InChI is InChI=1S/C15H17NO5S/c1-9-12(21-11-5-3-2-4-10(11)20-9)13(17)16-15(14(18)19)6-7-22-8-15/h2-5,9,12H,6-8H2,1H3,(H,16,17)(H,18,19). The van der Waals surface area contributed by atoms with Gasteiger partial charge in [0.2, 0.25) is 6.10 Å². The monoisotopic (exact) mass is 323 g/mol. The SMILES string of the molecule is CC1Oc2ccccc2OC1C(=O)NC1(C(=O)O)CCSC1. The Morgan fingerprint density at radius 3 is 2.59 bits per heavy atom. The summed E-state index contributed by atoms with van der Waals surface area (Å²) in [6, 6.07) is 7.11. The fourth-order valence-electron chi connectivity index (χ4n) is 2.60. The highest BCUT2D eigenvalue weighted by Gasteiger charge is 2.46. The highest BCUT2D eigenvalue weighted by molar-refractivity contribution is 7.99. The summed E-state index contributed by atoms with van der Waals surface area (Å²) in [7, 11) is 0. The number of para-hydroxylation sites is 2. The second kappa shape index (κ2) is 5.72. The maximum absolute atomic E-state index is 12.5. The lowest BCUT2D eigenvalue weighted by Gasteiger charge is -2.33. The topological polar surface area (TPSA) is 84.9 Å². The van der Waals surface area contributed by atoms with E-state index in [-0.39, 0.29) is 0 Å². The Morgan fingerprint density at radius 2 is 2.00 bits per heavy atom. The number of amides is 1. The number of carbonyl (C=O) groups is 2. The summed E-state index contributed by atoms with van der Waals surface area (Å²) in [5, 5.41) is 12.1. The lowest BCUT2D eigenvalue weighted by molar-refractivity contribution is -0.149. The van der Waals surface area contributed by atoms with Gasteiger partial charge in [0.1, 0.15) is 11.6 Å². The fraction of sp³-hybridized carbons (Fsp3) is 0.467. The lowest BCUT2D eigenvalue weighted by atomic mass is 9.98. The van der Waals surface area contributed by atoms with Gasteiger partial charge in [-0.2, -0.15) is 11.8 Å². The molecule has 1 aromatic carbocycles. The minimum absolute atomic E-state index is 0.368. The molecule has 0 spiro atoms. The third-order valence-corrected chi connectivity index (χ3v) is 5.08. The Labute approximate surface area is 132 Å². The molecule has 2 aliphatic rings. The zero-order chi connectivity index (χ0) is 15.7. The highest BCUT2D eigenvalue weighted by atomic mass is 32.2. The van der Waals surface area contributed by atoms with Crippen LogP contribution < -0.4 is 14.8 Å². The zero-order valence-electron chi connectivity index (χ0n) is 12.1. The molecule has 3 unspecified atom stereocenters. The van der Waals surface area contributed by atoms with Crippen LogP contribution in [0.2, 0.25) is 0 Å². The number of hydrogen-bond donors (Lipinski definition) is 2. The maximum Gasteiger partial charge on any atom is 0.330 e. The first kappa shape index (κ1) is 15.0. The van der Waals surface area contributed by atoms with Gasteiger partial charge in [0, 0.05) is 5.75 Å². The Kier molecular flexibility index (Phi) is 3.90. The van der Waals surface area contributed by atoms with Crippen molar-refractivity contribution in [2.45, 2.75) is 31.1 Å². The molecule has 1 amide bonds. The van der Waals surface area contributed by atoms with Crippen LogP contribution in [-0.4, -0.2) is 46.2 Å². The van der Waals surface area contributed by atoms with Crippen molar-refractivity contribution in [2.75, 3.05) is 11.5 Å². The van der Waals surface area contributed by atoms with Crippen molar-refractivity contribution in [1.29, 1.82) is 0 Å². The van der Waals surface area contributed by atoms with Crippen LogP contribution in [0, 0.1) is 0 Å². The van der Waals surface area contributed by atoms with Crippen LogP contribution >= 0.6 is 11.8 Å². The number of hydrogen-bond acceptors (Lipinski definition) is 5. The predicted molar refractivity (Wildman–Crippen MR) is 81.4 cm³/mol. The molecule has 0 saturated carbocycles. The summed E-state index contributed by atoms with van der Waals surface area (Å²) in [6.45, 7) is 1.73. The molecule has 0 radical (unpaired) electrons. The number of carbonyl (C=O) groups excluding carboxylic acids is 1. The molecule has 2 heterocycles. The number of aliphatic carboxylic acids is 1. The van der Waals surface area contributed by atoms with Gasteiger partial charge in [-0.05, 0) is 31.2 Å². The molecule has 7 heteroatoms. The Balaban J connectivity index is 1.77. The molecule has 1 saturated heterocycles. The molecule has 6 nitrogen and oxygen atoms in total. The van der Waals surface area contributed by atoms with Gasteiger partial charge in [-0.25, -0.2) is 4.79 Å². The molecule has 2 aliphatic heterocycles. The number of carboxylic acids is 1. The Hall–Kier alpha value is -1.89. The van der Waals surface area contributed by atoms with E-state index in [1.165, 1.54) is 11.8 Å². The summed E-state index contributed by atoms with van der Waals surface area (Å²) >= 11 is 1.52. The molecular formula is C15H17NO5S. The van der Waals surface area contributed by atoms with Crippen LogP contribution in [0.5, 0.6) is 11.5 Å². The molecule has 22 heavy (non-hydrogen) atoms. The van der Waals surface area contributed by atoms with E-state index in [1.807, 2.05) is 6.07 Å². The molecule has 1 aromatic rings. The van der Waals surface area contributed by atoms with Gasteiger partial charge in [0.15, 0.2) is 11.5 Å². The zero-order valence-corrected chi connectivity index (χ0v) is 12.9. The van der Waals surface area contributed by atoms with Crippen molar-refractivity contribution >= 4 is 23.6 Å². The van der Waals surface area contributed by atoms with Crippen molar-refractivity contribution < 1.29 is 24.2 Å². The van der Waals surface area contributed by atoms with Gasteiger partial charge in [-0.3, -0.25) is 4.79 Å². The number of ether oxygens (including phenoxy) is 2. The molecular weight excluding hydrogens is 306 g/mol. The van der Waals surface area contributed by atoms with Crippen LogP contribution in [0.3, 0.4) is 0 Å². The molecule has 0 bridgehead atoms. The first-order valence-corrected chi connectivity index (χ1v) is 8.23. The van der Waals surface area contributed by atoms with Gasteiger partial charge < -0.3 is 19.9 Å². The average Bonchev–Trinajstić information content (AvgIpc) is 2.96. The number of nitrogens with one attached hydrogen (secondary N) is 1. The van der Waals surface area contributed by atoms with Crippen molar-refractivity contribution in [3.63, 3.8) is 0 Å². The van der Waals surface area contributed by atoms with Gasteiger partial charge in [0.25, 0.3) is 5.91 Å². The van der Waals surface area contributed by atoms with Crippen molar-refractivity contribution in [2.24, 2.45) is 0 Å². The van der Waals surface area contributed by atoms with E-state index in [2.05, 4.69) is 5.32 Å². The quantitative estimate of drug-likeness (QED) is 0.872. The minimum Gasteiger partial charge on any atom is -0.482 e. The molecule has 2 N–H and O–H groups in total. The van der Waals surface area contributed by atoms with Crippen LogP contribution in [0.15, 0.2) is 24.3 Å². The first-order chi connectivity index (χ1) is 10.5. The van der Waals surface area contributed by atoms with E-state index in [0.717, 1.165) is 0 Å². The highest BCUT2D eigenvalue weighted by Crippen LogP contribution is 2.34. The third kappa shape index (κ3) is 2.61. The fourth-order valence-corrected chi connectivity index (χ4v) is 3.92. The predicted octanol–water partition coefficient (Wildman–Crippen LogP) is 1.29. The summed E-state index contributed by atoms with van der Waals surface area (Å²) in [6.07, 6.45) is -0.941. The smallest absolute Gasteiger partial charge is 0.330 e. The summed E-state index contributed by atoms with van der Waals surface area (Å²) in [5.74, 6) is 0.705. The Bertz CT molecular complexity index is 599. The Morgan fingerprint density at radius 1 is 1.32 bits per heavy atom. The van der Waals surface area contributed by atoms with Gasteiger partial charge in [-0.1, -0.05) is 12.1 Å². The van der Waals surface area contributed by atoms with Gasteiger partial charge >= 0.3 is 5.97 Å². The molecule has 0 aliphatic carbocycles. The van der Waals surface area contributed by atoms with Crippen LogP contribution in [0.4, 0.5) is 0 Å². The minimum atomic E-state index is -1.21. The summed E-state index contributed by atoms with van der Waals surface area (Å²) in [4.78, 5) is 24.0. The molecule has 3 rings (SSSR count). The number of thioether (sulfide) groups is 1. The second-order valence-corrected chi connectivity index (χ2v) is 6.59. The normalized spacial score (nSPS) is 29.9. The van der Waals surface area contributed by atoms with E-state index < -0.39 is 29.6 Å². The van der Waals surface area contributed by atoms with E-state index in [0.29, 0.717) is 29.4 Å². The lowest BCUT2D eigenvalue weighted by Crippen LogP contribution is -2.60. The van der Waals surface area contributed by atoms with Crippen molar-refractivity contribution in [3.8, 4) is 11.5 Å². The first-order valence-electron chi connectivity index (χ1n) is 7.07. The largest absolute Gasteiger partial charge is 0.482 e. The van der Waals surface area contributed by atoms with E-state index in [1.54, 1.807) is 25.1 Å². The number of benzene rings is 1. The van der Waals surface area contributed by atoms with E-state index in [4.69, 9.17) is 9.47 Å².